The summed E-state index contributed by atoms with van der Waals surface area (Å²) in [5.74, 6) is 0. The average Bonchev–Trinajstić information content (AvgIpc) is 2.78. The molecular weight excluding hydrogens is 488 g/mol. The molecule has 0 unspecified atom stereocenters. The SMILES string of the molecule is CC1(C)CC(OC(=O)NCc2cccc(CNC(=O)OC3CC(C)(C)N(O)C(C)(C)C3)c2)CC(C)(C)N1O. The number of carbonyl (C=O) groups is 2. The first kappa shape index (κ1) is 30.1. The molecule has 1 aromatic carbocycles. The van der Waals surface area contributed by atoms with Crippen LogP contribution in [0.5, 0.6) is 0 Å². The molecule has 2 aliphatic rings. The molecule has 0 aliphatic carbocycles. The summed E-state index contributed by atoms with van der Waals surface area (Å²) in [4.78, 5) is 25.0. The number of piperidine rings is 2. The summed E-state index contributed by atoms with van der Waals surface area (Å²) in [5.41, 5.74) is -0.260. The fourth-order valence-corrected chi connectivity index (χ4v) is 6.11. The topological polar surface area (TPSA) is 124 Å². The maximum atomic E-state index is 12.5. The van der Waals surface area contributed by atoms with E-state index in [0.717, 1.165) is 11.1 Å². The molecule has 0 spiro atoms. The molecule has 4 N–H and O–H groups in total. The van der Waals surface area contributed by atoms with E-state index in [1.54, 1.807) is 0 Å². The second-order valence-electron chi connectivity index (χ2n) is 13.3. The summed E-state index contributed by atoms with van der Waals surface area (Å²) in [5, 5.41) is 29.2. The zero-order valence-electron chi connectivity index (χ0n) is 24.1. The lowest BCUT2D eigenvalue weighted by Gasteiger charge is -2.50. The van der Waals surface area contributed by atoms with E-state index in [-0.39, 0.29) is 25.3 Å². The molecule has 0 aromatic heterocycles. The molecule has 2 heterocycles. The number of ether oxygens (including phenoxy) is 2. The van der Waals surface area contributed by atoms with Crippen molar-refractivity contribution in [2.24, 2.45) is 0 Å². The Labute approximate surface area is 226 Å². The van der Waals surface area contributed by atoms with Gasteiger partial charge in [-0.15, -0.1) is 0 Å². The highest BCUT2D eigenvalue weighted by atomic mass is 16.6. The van der Waals surface area contributed by atoms with E-state index in [0.29, 0.717) is 25.7 Å². The maximum absolute atomic E-state index is 12.5. The molecule has 10 nitrogen and oxygen atoms in total. The quantitative estimate of drug-likeness (QED) is 0.404. The second-order valence-corrected chi connectivity index (χ2v) is 13.3. The minimum atomic E-state index is -0.502. The Balaban J connectivity index is 1.46. The normalized spacial score (nSPS) is 23.4. The van der Waals surface area contributed by atoms with E-state index >= 15 is 0 Å². The number of hydrogen-bond acceptors (Lipinski definition) is 8. The molecule has 0 saturated carbocycles. The molecule has 0 radical (unpaired) electrons. The molecule has 2 aliphatic heterocycles. The van der Waals surface area contributed by atoms with Crippen LogP contribution >= 0.6 is 0 Å². The van der Waals surface area contributed by atoms with Crippen LogP contribution in [0.25, 0.3) is 0 Å². The molecule has 2 amide bonds. The molecule has 0 atom stereocenters. The van der Waals surface area contributed by atoms with Gasteiger partial charge in [0, 0.05) is 60.9 Å². The molecule has 214 valence electrons. The molecule has 0 bridgehead atoms. The number of carbonyl (C=O) groups excluding carboxylic acids is 2. The van der Waals surface area contributed by atoms with Crippen molar-refractivity contribution in [2.45, 2.75) is 129 Å². The van der Waals surface area contributed by atoms with E-state index in [9.17, 15) is 20.0 Å². The van der Waals surface area contributed by atoms with Gasteiger partial charge < -0.3 is 30.5 Å². The van der Waals surface area contributed by atoms with Gasteiger partial charge in [0.1, 0.15) is 12.2 Å². The fraction of sp³-hybridized carbons (Fsp3) is 0.714. The largest absolute Gasteiger partial charge is 0.446 e. The first-order valence-electron chi connectivity index (χ1n) is 13.4. The summed E-state index contributed by atoms with van der Waals surface area (Å²) < 4.78 is 11.3. The highest BCUT2D eigenvalue weighted by molar-refractivity contribution is 5.68. The Morgan fingerprint density at radius 3 is 1.37 bits per heavy atom. The van der Waals surface area contributed by atoms with Crippen LogP contribution in [-0.4, -0.2) is 67.1 Å². The lowest BCUT2D eigenvalue weighted by atomic mass is 9.80. The van der Waals surface area contributed by atoms with E-state index in [1.807, 2.05) is 79.7 Å². The van der Waals surface area contributed by atoms with Gasteiger partial charge in [0.25, 0.3) is 0 Å². The van der Waals surface area contributed by atoms with Crippen LogP contribution in [0.3, 0.4) is 0 Å². The summed E-state index contributed by atoms with van der Waals surface area (Å²) in [7, 11) is 0. The van der Waals surface area contributed by atoms with Gasteiger partial charge >= 0.3 is 12.2 Å². The molecule has 38 heavy (non-hydrogen) atoms. The number of hydroxylamine groups is 4. The minimum absolute atomic E-state index is 0.284. The summed E-state index contributed by atoms with van der Waals surface area (Å²) in [6.45, 7) is 16.0. The van der Waals surface area contributed by atoms with Crippen LogP contribution in [-0.2, 0) is 22.6 Å². The number of hydrogen-bond donors (Lipinski definition) is 4. The Hall–Kier alpha value is -2.40. The number of nitrogens with one attached hydrogen (secondary N) is 2. The van der Waals surface area contributed by atoms with Crippen molar-refractivity contribution >= 4 is 12.2 Å². The zero-order valence-corrected chi connectivity index (χ0v) is 24.1. The molecule has 3 rings (SSSR count). The van der Waals surface area contributed by atoms with Crippen molar-refractivity contribution in [2.75, 3.05) is 0 Å². The van der Waals surface area contributed by atoms with Crippen molar-refractivity contribution in [1.29, 1.82) is 0 Å². The average molecular weight is 535 g/mol. The Morgan fingerprint density at radius 1 is 0.737 bits per heavy atom. The van der Waals surface area contributed by atoms with Crippen LogP contribution in [0.2, 0.25) is 0 Å². The third-order valence-electron chi connectivity index (χ3n) is 7.61. The molecule has 1 aromatic rings. The van der Waals surface area contributed by atoms with Gasteiger partial charge in [-0.25, -0.2) is 9.59 Å². The third-order valence-corrected chi connectivity index (χ3v) is 7.61. The Bertz CT molecular complexity index is 898. The Morgan fingerprint density at radius 2 is 1.05 bits per heavy atom. The highest BCUT2D eigenvalue weighted by Gasteiger charge is 2.47. The minimum Gasteiger partial charge on any atom is -0.446 e. The van der Waals surface area contributed by atoms with Crippen molar-refractivity contribution in [1.82, 2.24) is 20.8 Å². The van der Waals surface area contributed by atoms with Gasteiger partial charge in [0.15, 0.2) is 0 Å². The van der Waals surface area contributed by atoms with Gasteiger partial charge in [-0.1, -0.05) is 24.3 Å². The van der Waals surface area contributed by atoms with Crippen molar-refractivity contribution in [3.63, 3.8) is 0 Å². The third kappa shape index (κ3) is 7.37. The number of rotatable bonds is 6. The number of benzene rings is 1. The van der Waals surface area contributed by atoms with Crippen molar-refractivity contribution < 1.29 is 29.5 Å². The Kier molecular flexibility index (Phi) is 8.72. The number of nitrogens with zero attached hydrogens (tertiary/aromatic N) is 2. The first-order valence-corrected chi connectivity index (χ1v) is 13.4. The molecular formula is C28H46N4O6. The predicted octanol–water partition coefficient (Wildman–Crippen LogP) is 4.96. The van der Waals surface area contributed by atoms with Crippen molar-refractivity contribution in [3.05, 3.63) is 35.4 Å². The second kappa shape index (κ2) is 11.0. The summed E-state index contributed by atoms with van der Waals surface area (Å²) in [6, 6.07) is 7.57. The summed E-state index contributed by atoms with van der Waals surface area (Å²) >= 11 is 0. The van der Waals surface area contributed by atoms with Crippen LogP contribution < -0.4 is 10.6 Å². The highest BCUT2D eigenvalue weighted by Crippen LogP contribution is 2.39. The molecule has 10 heteroatoms. The van der Waals surface area contributed by atoms with Gasteiger partial charge in [-0.2, -0.15) is 10.1 Å². The van der Waals surface area contributed by atoms with E-state index in [1.165, 1.54) is 10.1 Å². The van der Waals surface area contributed by atoms with E-state index in [4.69, 9.17) is 9.47 Å². The summed E-state index contributed by atoms with van der Waals surface area (Å²) in [6.07, 6.45) is 0.533. The number of alkyl carbamates (subject to hydrolysis) is 2. The first-order chi connectivity index (χ1) is 17.4. The van der Waals surface area contributed by atoms with Gasteiger partial charge in [0.2, 0.25) is 0 Å². The van der Waals surface area contributed by atoms with E-state index < -0.39 is 34.3 Å². The lowest BCUT2D eigenvalue weighted by Crippen LogP contribution is -2.60. The van der Waals surface area contributed by atoms with Crippen LogP contribution in [0, 0.1) is 0 Å². The van der Waals surface area contributed by atoms with Crippen LogP contribution in [0.15, 0.2) is 24.3 Å². The smallest absolute Gasteiger partial charge is 0.407 e. The van der Waals surface area contributed by atoms with E-state index in [2.05, 4.69) is 10.6 Å². The lowest BCUT2D eigenvalue weighted by molar-refractivity contribution is -0.256. The van der Waals surface area contributed by atoms with Gasteiger partial charge in [-0.3, -0.25) is 0 Å². The van der Waals surface area contributed by atoms with Crippen LogP contribution in [0.1, 0.15) is 92.2 Å². The predicted molar refractivity (Wildman–Crippen MR) is 143 cm³/mol. The fourth-order valence-electron chi connectivity index (χ4n) is 6.11. The standard InChI is InChI=1S/C28H46N4O6/c1-25(2)13-21(14-26(3,4)31(25)35)37-23(33)29-17-19-10-9-11-20(12-19)18-30-24(34)38-22-15-27(5,6)32(36)28(7,8)16-22/h9-12,21-22,35-36H,13-18H2,1-8H3,(H,29,33)(H,30,34). The van der Waals surface area contributed by atoms with Crippen LogP contribution in [0.4, 0.5) is 9.59 Å². The molecule has 2 saturated heterocycles. The monoisotopic (exact) mass is 534 g/mol. The zero-order chi connectivity index (χ0) is 28.5. The van der Waals surface area contributed by atoms with Gasteiger partial charge in [0.05, 0.1) is 0 Å². The number of amides is 2. The van der Waals surface area contributed by atoms with Crippen molar-refractivity contribution in [3.8, 4) is 0 Å². The maximum Gasteiger partial charge on any atom is 0.407 e. The molecule has 2 fully saturated rings. The van der Waals surface area contributed by atoms with Gasteiger partial charge in [-0.05, 0) is 66.5 Å².